The Labute approximate surface area is 180 Å². The molecule has 1 aliphatic heterocycles. The first-order valence-electron chi connectivity index (χ1n) is 10.5. The molecule has 0 saturated heterocycles. The zero-order chi connectivity index (χ0) is 21.4. The maximum absolute atomic E-state index is 12.8. The number of aryl methyl sites for hydroxylation is 1. The molecule has 6 nitrogen and oxygen atoms in total. The van der Waals surface area contributed by atoms with Crippen molar-refractivity contribution in [3.63, 3.8) is 0 Å². The van der Waals surface area contributed by atoms with Crippen LogP contribution in [0.3, 0.4) is 0 Å². The summed E-state index contributed by atoms with van der Waals surface area (Å²) in [5.41, 5.74) is 5.18. The molecule has 2 N–H and O–H groups in total. The Morgan fingerprint density at radius 3 is 2.74 bits per heavy atom. The van der Waals surface area contributed by atoms with E-state index in [1.807, 2.05) is 55.6 Å². The van der Waals surface area contributed by atoms with Crippen molar-refractivity contribution in [1.29, 1.82) is 0 Å². The maximum Gasteiger partial charge on any atom is 0.258 e. The number of rotatable bonds is 5. The van der Waals surface area contributed by atoms with Crippen LogP contribution in [-0.4, -0.2) is 27.4 Å². The predicted octanol–water partition coefficient (Wildman–Crippen LogP) is 3.09. The van der Waals surface area contributed by atoms with Crippen LogP contribution in [0, 0.1) is 0 Å². The number of aromatic nitrogens is 2. The lowest BCUT2D eigenvalue weighted by Crippen LogP contribution is -2.33. The second-order valence-electron chi connectivity index (χ2n) is 7.91. The van der Waals surface area contributed by atoms with E-state index >= 15 is 0 Å². The lowest BCUT2D eigenvalue weighted by Gasteiger charge is -2.24. The lowest BCUT2D eigenvalue weighted by atomic mass is 9.99. The smallest absolute Gasteiger partial charge is 0.258 e. The molecule has 3 heterocycles. The molecular weight excluding hydrogens is 390 g/mol. The van der Waals surface area contributed by atoms with E-state index < -0.39 is 0 Å². The predicted molar refractivity (Wildman–Crippen MR) is 121 cm³/mol. The van der Waals surface area contributed by atoms with Gasteiger partial charge in [-0.1, -0.05) is 36.4 Å². The van der Waals surface area contributed by atoms with Crippen molar-refractivity contribution in [3.05, 3.63) is 94.0 Å². The van der Waals surface area contributed by atoms with E-state index in [0.29, 0.717) is 12.4 Å². The largest absolute Gasteiger partial charge is 0.489 e. The molecule has 2 aromatic heterocycles. The minimum absolute atomic E-state index is 0.0617. The molecular formula is C25H25N3O3. The number of benzene rings is 2. The molecule has 0 radical (unpaired) electrons. The van der Waals surface area contributed by atoms with E-state index in [0.717, 1.165) is 35.4 Å². The third kappa shape index (κ3) is 3.54. The number of hydrogen-bond acceptors (Lipinski definition) is 4. The number of hydrogen-bond donors (Lipinski definition) is 2. The van der Waals surface area contributed by atoms with Gasteiger partial charge in [0.25, 0.3) is 5.56 Å². The van der Waals surface area contributed by atoms with Crippen LogP contribution in [0.2, 0.25) is 0 Å². The number of aliphatic hydroxyl groups excluding tert-OH is 1. The van der Waals surface area contributed by atoms with Gasteiger partial charge in [0, 0.05) is 30.4 Å². The molecule has 0 spiro atoms. The van der Waals surface area contributed by atoms with Gasteiger partial charge >= 0.3 is 0 Å². The van der Waals surface area contributed by atoms with Crippen molar-refractivity contribution in [2.24, 2.45) is 7.05 Å². The summed E-state index contributed by atoms with van der Waals surface area (Å²) in [6.45, 7) is 1.34. The topological polar surface area (TPSA) is 68.4 Å². The molecule has 5 rings (SSSR count). The molecule has 1 atom stereocenters. The van der Waals surface area contributed by atoms with E-state index in [1.54, 1.807) is 10.8 Å². The molecule has 4 aromatic rings. The van der Waals surface area contributed by atoms with Gasteiger partial charge in [0.2, 0.25) is 0 Å². The monoisotopic (exact) mass is 415 g/mol. The van der Waals surface area contributed by atoms with Crippen LogP contribution in [0.1, 0.15) is 22.9 Å². The fourth-order valence-electron chi connectivity index (χ4n) is 4.50. The van der Waals surface area contributed by atoms with E-state index in [9.17, 15) is 9.90 Å². The van der Waals surface area contributed by atoms with Crippen LogP contribution in [0.4, 0.5) is 0 Å². The van der Waals surface area contributed by atoms with Gasteiger partial charge < -0.3 is 19.7 Å². The zero-order valence-electron chi connectivity index (χ0n) is 17.4. The average Bonchev–Trinajstić information content (AvgIpc) is 3.10. The molecule has 0 aliphatic carbocycles. The number of aliphatic hydroxyl groups is 1. The van der Waals surface area contributed by atoms with E-state index in [4.69, 9.17) is 4.74 Å². The molecule has 2 aromatic carbocycles. The van der Waals surface area contributed by atoms with Gasteiger partial charge in [-0.05, 0) is 42.3 Å². The highest BCUT2D eigenvalue weighted by atomic mass is 16.5. The third-order valence-electron chi connectivity index (χ3n) is 6.03. The first kappa shape index (κ1) is 19.6. The Bertz CT molecular complexity index is 1290. The summed E-state index contributed by atoms with van der Waals surface area (Å²) in [6.07, 6.45) is 2.68. The van der Waals surface area contributed by atoms with Crippen LogP contribution in [0.25, 0.3) is 16.6 Å². The maximum atomic E-state index is 12.8. The Morgan fingerprint density at radius 2 is 1.97 bits per heavy atom. The number of nitrogens with one attached hydrogen (secondary N) is 1. The van der Waals surface area contributed by atoms with Crippen LogP contribution in [0.15, 0.2) is 71.7 Å². The molecule has 0 saturated carbocycles. The second-order valence-corrected chi connectivity index (χ2v) is 7.91. The van der Waals surface area contributed by atoms with Crippen molar-refractivity contribution in [1.82, 2.24) is 14.5 Å². The second kappa shape index (κ2) is 8.06. The molecule has 158 valence electrons. The van der Waals surface area contributed by atoms with Crippen molar-refractivity contribution >= 4 is 10.9 Å². The summed E-state index contributed by atoms with van der Waals surface area (Å²) < 4.78 is 9.54. The Kier molecular flexibility index (Phi) is 5.10. The van der Waals surface area contributed by atoms with Crippen molar-refractivity contribution in [2.45, 2.75) is 19.1 Å². The van der Waals surface area contributed by atoms with Crippen molar-refractivity contribution < 1.29 is 9.84 Å². The van der Waals surface area contributed by atoms with Gasteiger partial charge in [-0.3, -0.25) is 9.36 Å². The molecule has 6 heteroatoms. The van der Waals surface area contributed by atoms with E-state index in [-0.39, 0.29) is 18.2 Å². The van der Waals surface area contributed by atoms with E-state index in [1.165, 1.54) is 17.0 Å². The minimum Gasteiger partial charge on any atom is -0.489 e. The first-order valence-corrected chi connectivity index (χ1v) is 10.5. The minimum atomic E-state index is -0.140. The quantitative estimate of drug-likeness (QED) is 0.526. The molecule has 0 fully saturated rings. The summed E-state index contributed by atoms with van der Waals surface area (Å²) in [4.78, 5) is 12.8. The SMILES string of the molecule is Cn1c2c(c3ccc(-n4ccc(OCc5ccccc5)cc4=O)cc31)CCNC2CO. The third-order valence-corrected chi connectivity index (χ3v) is 6.03. The van der Waals surface area contributed by atoms with Crippen LogP contribution in [0.5, 0.6) is 5.75 Å². The van der Waals surface area contributed by atoms with Crippen LogP contribution in [-0.2, 0) is 20.1 Å². The number of pyridine rings is 1. The number of nitrogens with zero attached hydrogens (tertiary/aromatic N) is 2. The molecule has 1 aliphatic rings. The van der Waals surface area contributed by atoms with Gasteiger partial charge in [-0.2, -0.15) is 0 Å². The highest BCUT2D eigenvalue weighted by Gasteiger charge is 2.25. The van der Waals surface area contributed by atoms with Gasteiger partial charge in [0.15, 0.2) is 0 Å². The number of ether oxygens (including phenoxy) is 1. The van der Waals surface area contributed by atoms with Crippen LogP contribution < -0.4 is 15.6 Å². The van der Waals surface area contributed by atoms with Gasteiger partial charge in [0.1, 0.15) is 12.4 Å². The highest BCUT2D eigenvalue weighted by molar-refractivity contribution is 5.87. The van der Waals surface area contributed by atoms with Gasteiger partial charge in [-0.15, -0.1) is 0 Å². The van der Waals surface area contributed by atoms with Gasteiger partial charge in [-0.25, -0.2) is 0 Å². The summed E-state index contributed by atoms with van der Waals surface area (Å²) in [5, 5.41) is 14.3. The summed E-state index contributed by atoms with van der Waals surface area (Å²) in [7, 11) is 2.02. The van der Waals surface area contributed by atoms with E-state index in [2.05, 4.69) is 16.0 Å². The lowest BCUT2D eigenvalue weighted by molar-refractivity contribution is 0.235. The summed E-state index contributed by atoms with van der Waals surface area (Å²) in [5.74, 6) is 0.553. The van der Waals surface area contributed by atoms with Crippen molar-refractivity contribution in [3.8, 4) is 11.4 Å². The standard InChI is InChI=1S/C25H25N3O3/c1-27-23-13-18(7-8-20(23)21-9-11-26-22(15-29)25(21)27)28-12-10-19(14-24(28)30)31-16-17-5-3-2-4-6-17/h2-8,10,12-14,22,26,29H,9,11,15-16H2,1H3. The fourth-order valence-corrected chi connectivity index (χ4v) is 4.50. The highest BCUT2D eigenvalue weighted by Crippen LogP contribution is 2.33. The zero-order valence-corrected chi connectivity index (χ0v) is 17.4. The Morgan fingerprint density at radius 1 is 1.13 bits per heavy atom. The normalized spacial score (nSPS) is 15.7. The molecule has 31 heavy (non-hydrogen) atoms. The molecule has 0 amide bonds. The van der Waals surface area contributed by atoms with Gasteiger partial charge in [0.05, 0.1) is 23.9 Å². The first-order chi connectivity index (χ1) is 15.2. The Balaban J connectivity index is 1.47. The molecule has 0 bridgehead atoms. The van der Waals surface area contributed by atoms with Crippen LogP contribution >= 0.6 is 0 Å². The Hall–Kier alpha value is -3.35. The molecule has 1 unspecified atom stereocenters. The average molecular weight is 415 g/mol. The summed E-state index contributed by atoms with van der Waals surface area (Å²) in [6, 6.07) is 19.2. The fraction of sp³-hybridized carbons (Fsp3) is 0.240. The summed E-state index contributed by atoms with van der Waals surface area (Å²) >= 11 is 0. The van der Waals surface area contributed by atoms with Crippen molar-refractivity contribution in [2.75, 3.05) is 13.2 Å². The number of fused-ring (bicyclic) bond motifs is 3.